The van der Waals surface area contributed by atoms with Crippen molar-refractivity contribution in [1.29, 1.82) is 0 Å². The topological polar surface area (TPSA) is 89.7 Å². The van der Waals surface area contributed by atoms with Gasteiger partial charge in [-0.05, 0) is 26.2 Å². The first kappa shape index (κ1) is 15.5. The van der Waals surface area contributed by atoms with Crippen molar-refractivity contribution < 1.29 is 19.1 Å². The van der Waals surface area contributed by atoms with Crippen LogP contribution in [0.25, 0.3) is 0 Å². The third-order valence-electron chi connectivity index (χ3n) is 3.28. The number of rotatable bonds is 6. The molecule has 0 spiro atoms. The van der Waals surface area contributed by atoms with Crippen molar-refractivity contribution in [3.8, 4) is 0 Å². The Kier molecular flexibility index (Phi) is 6.32. The minimum Gasteiger partial charge on any atom is -0.466 e. The van der Waals surface area contributed by atoms with Gasteiger partial charge >= 0.3 is 5.97 Å². The Labute approximate surface area is 113 Å². The largest absolute Gasteiger partial charge is 0.466 e. The molecule has 0 aromatic carbocycles. The minimum atomic E-state index is -0.355. The van der Waals surface area contributed by atoms with Crippen molar-refractivity contribution in [3.63, 3.8) is 0 Å². The van der Waals surface area contributed by atoms with E-state index in [9.17, 15) is 14.4 Å². The Hall–Kier alpha value is -1.59. The van der Waals surface area contributed by atoms with E-state index in [0.29, 0.717) is 45.4 Å². The summed E-state index contributed by atoms with van der Waals surface area (Å²) in [6.07, 6.45) is 2.39. The molecule has 1 atom stereocenters. The first-order chi connectivity index (χ1) is 9.04. The second-order valence-electron chi connectivity index (χ2n) is 4.73. The van der Waals surface area contributed by atoms with Gasteiger partial charge in [0.25, 0.3) is 0 Å². The molecule has 2 N–H and O–H groups in total. The Balaban J connectivity index is 2.43. The number of ether oxygens (including phenoxy) is 1. The van der Waals surface area contributed by atoms with Crippen molar-refractivity contribution in [2.24, 2.45) is 11.7 Å². The van der Waals surface area contributed by atoms with Crippen LogP contribution in [-0.4, -0.2) is 42.4 Å². The zero-order valence-electron chi connectivity index (χ0n) is 11.4. The van der Waals surface area contributed by atoms with Crippen LogP contribution in [0, 0.1) is 5.92 Å². The molecule has 1 heterocycles. The predicted molar refractivity (Wildman–Crippen MR) is 69.0 cm³/mol. The molecule has 19 heavy (non-hydrogen) atoms. The van der Waals surface area contributed by atoms with E-state index in [0.717, 1.165) is 0 Å². The first-order valence-electron chi connectivity index (χ1n) is 6.77. The van der Waals surface area contributed by atoms with Gasteiger partial charge in [-0.25, -0.2) is 0 Å². The summed E-state index contributed by atoms with van der Waals surface area (Å²) in [7, 11) is 0. The normalized spacial score (nSPS) is 19.9. The van der Waals surface area contributed by atoms with Crippen LogP contribution in [0.2, 0.25) is 0 Å². The first-order valence-corrected chi connectivity index (χ1v) is 6.77. The van der Waals surface area contributed by atoms with Crippen LogP contribution in [0.4, 0.5) is 0 Å². The maximum absolute atomic E-state index is 11.9. The SMILES string of the molecule is CCOC(=O)C1CCC(=O)N(CCCC(N)=O)CC1. The summed E-state index contributed by atoms with van der Waals surface area (Å²) in [5.41, 5.74) is 5.07. The van der Waals surface area contributed by atoms with Crippen LogP contribution in [0.3, 0.4) is 0 Å². The van der Waals surface area contributed by atoms with Crippen molar-refractivity contribution in [2.75, 3.05) is 19.7 Å². The average Bonchev–Trinajstić information content (AvgIpc) is 2.52. The highest BCUT2D eigenvalue weighted by Gasteiger charge is 2.27. The molecular weight excluding hydrogens is 248 g/mol. The number of carbonyl (C=O) groups is 3. The highest BCUT2D eigenvalue weighted by atomic mass is 16.5. The maximum Gasteiger partial charge on any atom is 0.308 e. The van der Waals surface area contributed by atoms with E-state index < -0.39 is 0 Å². The summed E-state index contributed by atoms with van der Waals surface area (Å²) in [5.74, 6) is -0.720. The molecule has 0 bridgehead atoms. The molecule has 108 valence electrons. The standard InChI is InChI=1S/C13H22N2O4/c1-2-19-13(18)10-5-6-12(17)15(9-7-10)8-3-4-11(14)16/h10H,2-9H2,1H3,(H2,14,16). The smallest absolute Gasteiger partial charge is 0.308 e. The molecule has 0 aromatic heterocycles. The summed E-state index contributed by atoms with van der Waals surface area (Å²) < 4.78 is 4.99. The van der Waals surface area contributed by atoms with Crippen LogP contribution in [0.15, 0.2) is 0 Å². The monoisotopic (exact) mass is 270 g/mol. The summed E-state index contributed by atoms with van der Waals surface area (Å²) >= 11 is 0. The highest BCUT2D eigenvalue weighted by Crippen LogP contribution is 2.20. The van der Waals surface area contributed by atoms with Crippen LogP contribution < -0.4 is 5.73 Å². The molecule has 1 aliphatic rings. The molecule has 1 fully saturated rings. The Morgan fingerprint density at radius 3 is 2.79 bits per heavy atom. The van der Waals surface area contributed by atoms with Crippen LogP contribution in [-0.2, 0) is 19.1 Å². The van der Waals surface area contributed by atoms with E-state index in [4.69, 9.17) is 10.5 Å². The number of primary amides is 1. The Morgan fingerprint density at radius 1 is 1.42 bits per heavy atom. The minimum absolute atomic E-state index is 0.0382. The molecule has 1 aliphatic heterocycles. The molecule has 0 saturated carbocycles. The molecule has 0 radical (unpaired) electrons. The second-order valence-corrected chi connectivity index (χ2v) is 4.73. The van der Waals surface area contributed by atoms with Crippen molar-refractivity contribution in [1.82, 2.24) is 4.90 Å². The van der Waals surface area contributed by atoms with Gasteiger partial charge < -0.3 is 15.4 Å². The van der Waals surface area contributed by atoms with Crippen molar-refractivity contribution in [2.45, 2.75) is 39.0 Å². The molecule has 2 amide bonds. The van der Waals surface area contributed by atoms with Crippen LogP contribution >= 0.6 is 0 Å². The van der Waals surface area contributed by atoms with Crippen molar-refractivity contribution in [3.05, 3.63) is 0 Å². The molecule has 6 heteroatoms. The van der Waals surface area contributed by atoms with Gasteiger partial charge in [0.1, 0.15) is 0 Å². The maximum atomic E-state index is 11.9. The summed E-state index contributed by atoms with van der Waals surface area (Å²) in [6.45, 7) is 3.21. The number of carbonyl (C=O) groups excluding carboxylic acids is 3. The lowest BCUT2D eigenvalue weighted by atomic mass is 10.0. The van der Waals surface area contributed by atoms with Crippen molar-refractivity contribution >= 4 is 17.8 Å². The van der Waals surface area contributed by atoms with E-state index in [1.54, 1.807) is 11.8 Å². The number of hydrogen-bond donors (Lipinski definition) is 1. The molecule has 1 rings (SSSR count). The summed E-state index contributed by atoms with van der Waals surface area (Å²) in [4.78, 5) is 35.9. The number of amides is 2. The number of nitrogens with two attached hydrogens (primary N) is 1. The number of likely N-dealkylation sites (tertiary alicyclic amines) is 1. The number of hydrogen-bond acceptors (Lipinski definition) is 4. The van der Waals surface area contributed by atoms with Gasteiger partial charge in [0, 0.05) is 25.9 Å². The van der Waals surface area contributed by atoms with E-state index >= 15 is 0 Å². The van der Waals surface area contributed by atoms with Gasteiger partial charge in [-0.3, -0.25) is 14.4 Å². The van der Waals surface area contributed by atoms with Gasteiger partial charge in [0.2, 0.25) is 11.8 Å². The predicted octanol–water partition coefficient (Wildman–Crippen LogP) is 0.444. The van der Waals surface area contributed by atoms with Gasteiger partial charge in [-0.15, -0.1) is 0 Å². The van der Waals surface area contributed by atoms with E-state index in [2.05, 4.69) is 0 Å². The zero-order valence-corrected chi connectivity index (χ0v) is 11.4. The Bertz CT molecular complexity index is 344. The van der Waals surface area contributed by atoms with Gasteiger partial charge in [-0.1, -0.05) is 0 Å². The quantitative estimate of drug-likeness (QED) is 0.709. The fourth-order valence-corrected chi connectivity index (χ4v) is 2.21. The fraction of sp³-hybridized carbons (Fsp3) is 0.769. The van der Waals surface area contributed by atoms with E-state index in [1.165, 1.54) is 0 Å². The molecule has 6 nitrogen and oxygen atoms in total. The molecule has 1 unspecified atom stereocenters. The lowest BCUT2D eigenvalue weighted by molar-refractivity contribution is -0.148. The summed E-state index contributed by atoms with van der Waals surface area (Å²) in [5, 5.41) is 0. The molecule has 0 aliphatic carbocycles. The lowest BCUT2D eigenvalue weighted by Crippen LogP contribution is -2.32. The average molecular weight is 270 g/mol. The van der Waals surface area contributed by atoms with Gasteiger partial charge in [0.15, 0.2) is 0 Å². The zero-order chi connectivity index (χ0) is 14.3. The third kappa shape index (κ3) is 5.28. The molecular formula is C13H22N2O4. The second kappa shape index (κ2) is 7.76. The van der Waals surface area contributed by atoms with E-state index in [-0.39, 0.29) is 30.1 Å². The van der Waals surface area contributed by atoms with Gasteiger partial charge in [-0.2, -0.15) is 0 Å². The molecule has 1 saturated heterocycles. The number of esters is 1. The van der Waals surface area contributed by atoms with Crippen LogP contribution in [0.1, 0.15) is 39.0 Å². The molecule has 0 aromatic rings. The van der Waals surface area contributed by atoms with E-state index in [1.807, 2.05) is 0 Å². The fourth-order valence-electron chi connectivity index (χ4n) is 2.21. The highest BCUT2D eigenvalue weighted by molar-refractivity contribution is 5.79. The third-order valence-corrected chi connectivity index (χ3v) is 3.28. The van der Waals surface area contributed by atoms with Crippen LogP contribution in [0.5, 0.6) is 0 Å². The Morgan fingerprint density at radius 2 is 2.16 bits per heavy atom. The van der Waals surface area contributed by atoms with Gasteiger partial charge in [0.05, 0.1) is 12.5 Å². The number of nitrogens with zero attached hydrogens (tertiary/aromatic N) is 1. The lowest BCUT2D eigenvalue weighted by Gasteiger charge is -2.20. The summed E-state index contributed by atoms with van der Waals surface area (Å²) in [6, 6.07) is 0.